The number of hydrogen-bond acceptors (Lipinski definition) is 5. The summed E-state index contributed by atoms with van der Waals surface area (Å²) in [5.41, 5.74) is -1.35. The van der Waals surface area contributed by atoms with Gasteiger partial charge in [-0.05, 0) is 19.1 Å². The zero-order valence-corrected chi connectivity index (χ0v) is 10.3. The summed E-state index contributed by atoms with van der Waals surface area (Å²) in [4.78, 5) is 25.7. The molecule has 1 aromatic rings. The summed E-state index contributed by atoms with van der Waals surface area (Å²) in [7, 11) is 0. The van der Waals surface area contributed by atoms with Crippen LogP contribution in [0.3, 0.4) is 0 Å². The maximum Gasteiger partial charge on any atom is 0.433 e. The van der Waals surface area contributed by atoms with Crippen molar-refractivity contribution in [3.8, 4) is 0 Å². The smallest absolute Gasteiger partial charge is 0.433 e. The molecule has 0 amide bonds. The van der Waals surface area contributed by atoms with E-state index in [1.807, 2.05) is 0 Å². The first-order chi connectivity index (χ1) is 9.25. The third-order valence-electron chi connectivity index (χ3n) is 2.09. The number of alkyl halides is 3. The number of esters is 1. The number of allylic oxidation sites excluding steroid dienone is 1. The monoisotopic (exact) mass is 289 g/mol. The summed E-state index contributed by atoms with van der Waals surface area (Å²) in [5, 5.41) is 9.23. The molecular formula is C12H10F3NO4. The molecule has 0 aliphatic carbocycles. The van der Waals surface area contributed by atoms with E-state index in [4.69, 9.17) is 0 Å². The van der Waals surface area contributed by atoms with Gasteiger partial charge in [-0.3, -0.25) is 9.78 Å². The fourth-order valence-electron chi connectivity index (χ4n) is 1.18. The summed E-state index contributed by atoms with van der Waals surface area (Å²) in [6, 6.07) is 1.52. The minimum absolute atomic E-state index is 0.00671. The van der Waals surface area contributed by atoms with Crippen molar-refractivity contribution >= 4 is 11.8 Å². The van der Waals surface area contributed by atoms with Crippen LogP contribution in [0.25, 0.3) is 0 Å². The lowest BCUT2D eigenvalue weighted by Crippen LogP contribution is -2.11. The van der Waals surface area contributed by atoms with Crippen molar-refractivity contribution in [1.29, 1.82) is 0 Å². The van der Waals surface area contributed by atoms with Gasteiger partial charge in [-0.15, -0.1) is 0 Å². The van der Waals surface area contributed by atoms with Gasteiger partial charge in [0.15, 0.2) is 5.78 Å². The molecule has 0 aliphatic heterocycles. The number of ketones is 1. The molecule has 0 fully saturated rings. The van der Waals surface area contributed by atoms with Crippen molar-refractivity contribution in [1.82, 2.24) is 4.98 Å². The van der Waals surface area contributed by atoms with Crippen LogP contribution in [-0.2, 0) is 15.7 Å². The van der Waals surface area contributed by atoms with Crippen molar-refractivity contribution in [2.75, 3.05) is 6.61 Å². The topological polar surface area (TPSA) is 76.5 Å². The van der Waals surface area contributed by atoms with Gasteiger partial charge in [0.05, 0.1) is 6.61 Å². The first-order valence-corrected chi connectivity index (χ1v) is 5.41. The van der Waals surface area contributed by atoms with Gasteiger partial charge in [0.1, 0.15) is 5.69 Å². The molecule has 108 valence electrons. The molecule has 0 saturated heterocycles. The highest BCUT2D eigenvalue weighted by Crippen LogP contribution is 2.27. The number of pyridine rings is 1. The zero-order valence-electron chi connectivity index (χ0n) is 10.3. The first kappa shape index (κ1) is 15.7. The molecule has 0 atom stereocenters. The number of rotatable bonds is 4. The molecule has 0 radical (unpaired) electrons. The maximum atomic E-state index is 12.3. The Balaban J connectivity index is 2.88. The number of aliphatic hydroxyl groups is 1. The molecule has 20 heavy (non-hydrogen) atoms. The van der Waals surface area contributed by atoms with E-state index in [9.17, 15) is 27.9 Å². The number of ether oxygens (including phenoxy) is 1. The van der Waals surface area contributed by atoms with Gasteiger partial charge < -0.3 is 9.84 Å². The summed E-state index contributed by atoms with van der Waals surface area (Å²) >= 11 is 0. The minimum Gasteiger partial charge on any atom is -0.502 e. The van der Waals surface area contributed by atoms with Crippen molar-refractivity contribution in [2.24, 2.45) is 0 Å². The Morgan fingerprint density at radius 3 is 2.50 bits per heavy atom. The molecule has 0 aromatic carbocycles. The van der Waals surface area contributed by atoms with Crippen LogP contribution in [0.1, 0.15) is 23.0 Å². The highest BCUT2D eigenvalue weighted by atomic mass is 19.4. The molecule has 0 unspecified atom stereocenters. The maximum absolute atomic E-state index is 12.3. The highest BCUT2D eigenvalue weighted by Gasteiger charge is 2.32. The predicted molar refractivity (Wildman–Crippen MR) is 60.9 cm³/mol. The van der Waals surface area contributed by atoms with Gasteiger partial charge in [-0.2, -0.15) is 13.2 Å². The lowest BCUT2D eigenvalue weighted by molar-refractivity contribution is -0.142. The Kier molecular flexibility index (Phi) is 4.84. The lowest BCUT2D eigenvalue weighted by Gasteiger charge is -2.05. The molecule has 1 aromatic heterocycles. The molecule has 1 heterocycles. The van der Waals surface area contributed by atoms with Crippen LogP contribution in [-0.4, -0.2) is 28.4 Å². The van der Waals surface area contributed by atoms with E-state index in [1.54, 1.807) is 0 Å². The standard InChI is InChI=1S/C12H10F3NO4/c1-2-20-11(19)9(18)5-8(17)7-3-4-10(16-6-7)12(13,14)15/h3-6,18H,2H2,1H3. The fourth-order valence-corrected chi connectivity index (χ4v) is 1.18. The van der Waals surface area contributed by atoms with Gasteiger partial charge in [0.25, 0.3) is 0 Å². The Hall–Kier alpha value is -2.38. The van der Waals surface area contributed by atoms with Crippen LogP contribution < -0.4 is 0 Å². The molecule has 0 spiro atoms. The second kappa shape index (κ2) is 6.18. The Labute approximate surface area is 111 Å². The Morgan fingerprint density at radius 2 is 2.05 bits per heavy atom. The number of hydrogen-bond donors (Lipinski definition) is 1. The Bertz CT molecular complexity index is 535. The van der Waals surface area contributed by atoms with E-state index in [0.717, 1.165) is 6.07 Å². The van der Waals surface area contributed by atoms with Gasteiger partial charge in [0, 0.05) is 17.8 Å². The number of carbonyl (C=O) groups is 2. The number of aromatic nitrogens is 1. The van der Waals surface area contributed by atoms with E-state index in [0.29, 0.717) is 18.3 Å². The van der Waals surface area contributed by atoms with E-state index < -0.39 is 29.4 Å². The number of aliphatic hydroxyl groups excluding tert-OH is 1. The summed E-state index contributed by atoms with van der Waals surface area (Å²) < 4.78 is 41.2. The van der Waals surface area contributed by atoms with Crippen molar-refractivity contribution in [3.05, 3.63) is 41.4 Å². The third-order valence-corrected chi connectivity index (χ3v) is 2.09. The minimum atomic E-state index is -4.61. The lowest BCUT2D eigenvalue weighted by atomic mass is 10.1. The van der Waals surface area contributed by atoms with E-state index in [1.165, 1.54) is 6.92 Å². The average molecular weight is 289 g/mol. The van der Waals surface area contributed by atoms with Crippen LogP contribution in [0.4, 0.5) is 13.2 Å². The summed E-state index contributed by atoms with van der Waals surface area (Å²) in [5.74, 6) is -2.89. The summed E-state index contributed by atoms with van der Waals surface area (Å²) in [6.45, 7) is 1.51. The van der Waals surface area contributed by atoms with Crippen LogP contribution >= 0.6 is 0 Å². The summed E-state index contributed by atoms with van der Waals surface area (Å²) in [6.07, 6.45) is -3.34. The van der Waals surface area contributed by atoms with Gasteiger partial charge in [-0.25, -0.2) is 4.79 Å². The Morgan fingerprint density at radius 1 is 1.40 bits per heavy atom. The quantitative estimate of drug-likeness (QED) is 0.398. The fraction of sp³-hybridized carbons (Fsp3) is 0.250. The molecule has 0 aliphatic rings. The van der Waals surface area contributed by atoms with E-state index >= 15 is 0 Å². The first-order valence-electron chi connectivity index (χ1n) is 5.41. The molecule has 1 N–H and O–H groups in total. The zero-order chi connectivity index (χ0) is 15.3. The SMILES string of the molecule is CCOC(=O)C(O)=CC(=O)c1ccc(C(F)(F)F)nc1. The van der Waals surface area contributed by atoms with Crippen LogP contribution in [0.15, 0.2) is 30.2 Å². The molecular weight excluding hydrogens is 279 g/mol. The molecule has 1 rings (SSSR count). The third kappa shape index (κ3) is 4.08. The number of carbonyl (C=O) groups excluding carboxylic acids is 2. The van der Waals surface area contributed by atoms with Gasteiger partial charge in [-0.1, -0.05) is 0 Å². The molecule has 5 nitrogen and oxygen atoms in total. The second-order valence-corrected chi connectivity index (χ2v) is 3.54. The molecule has 8 heteroatoms. The molecule has 0 bridgehead atoms. The normalized spacial score (nSPS) is 12.1. The predicted octanol–water partition coefficient (Wildman–Crippen LogP) is 2.29. The van der Waals surface area contributed by atoms with E-state index in [2.05, 4.69) is 9.72 Å². The van der Waals surface area contributed by atoms with Crippen LogP contribution in [0.5, 0.6) is 0 Å². The molecule has 0 saturated carbocycles. The van der Waals surface area contributed by atoms with Crippen molar-refractivity contribution < 1.29 is 32.6 Å². The second-order valence-electron chi connectivity index (χ2n) is 3.54. The van der Waals surface area contributed by atoms with Gasteiger partial charge in [0.2, 0.25) is 5.76 Å². The van der Waals surface area contributed by atoms with Crippen LogP contribution in [0, 0.1) is 0 Å². The largest absolute Gasteiger partial charge is 0.502 e. The van der Waals surface area contributed by atoms with E-state index in [-0.39, 0.29) is 12.2 Å². The number of halogens is 3. The van der Waals surface area contributed by atoms with Crippen molar-refractivity contribution in [3.63, 3.8) is 0 Å². The average Bonchev–Trinajstić information content (AvgIpc) is 2.38. The van der Waals surface area contributed by atoms with Crippen LogP contribution in [0.2, 0.25) is 0 Å². The highest BCUT2D eigenvalue weighted by molar-refractivity contribution is 6.07. The van der Waals surface area contributed by atoms with Gasteiger partial charge >= 0.3 is 12.1 Å². The van der Waals surface area contributed by atoms with Crippen molar-refractivity contribution in [2.45, 2.75) is 13.1 Å². The number of nitrogens with zero attached hydrogens (tertiary/aromatic N) is 1.